The zero-order valence-corrected chi connectivity index (χ0v) is 8.94. The van der Waals surface area contributed by atoms with Crippen molar-refractivity contribution in [3.8, 4) is 17.0 Å². The van der Waals surface area contributed by atoms with E-state index in [1.54, 1.807) is 10.9 Å². The van der Waals surface area contributed by atoms with E-state index >= 15 is 0 Å². The van der Waals surface area contributed by atoms with E-state index in [4.69, 9.17) is 0 Å². The van der Waals surface area contributed by atoms with Crippen LogP contribution in [0.4, 0.5) is 0 Å². The summed E-state index contributed by atoms with van der Waals surface area (Å²) in [7, 11) is 0. The highest BCUT2D eigenvalue weighted by atomic mass is 16.3. The van der Waals surface area contributed by atoms with Gasteiger partial charge in [0.25, 0.3) is 0 Å². The molecule has 2 rings (SSSR count). The van der Waals surface area contributed by atoms with Gasteiger partial charge in [-0.1, -0.05) is 29.8 Å². The van der Waals surface area contributed by atoms with Crippen LogP contribution < -0.4 is 0 Å². The lowest BCUT2D eigenvalue weighted by Gasteiger charge is -2.01. The Kier molecular flexibility index (Phi) is 2.46. The van der Waals surface area contributed by atoms with Crippen molar-refractivity contribution in [1.29, 1.82) is 0 Å². The van der Waals surface area contributed by atoms with Crippen LogP contribution in [0.1, 0.15) is 12.5 Å². The van der Waals surface area contributed by atoms with E-state index in [0.717, 1.165) is 11.1 Å². The molecular weight excluding hydrogens is 188 g/mol. The first-order valence-corrected chi connectivity index (χ1v) is 5.04. The molecule has 0 aliphatic heterocycles. The summed E-state index contributed by atoms with van der Waals surface area (Å²) in [4.78, 5) is 0. The molecule has 0 bridgehead atoms. The minimum Gasteiger partial charge on any atom is -0.493 e. The van der Waals surface area contributed by atoms with Gasteiger partial charge in [-0.2, -0.15) is 5.10 Å². The Hall–Kier alpha value is -1.77. The first-order chi connectivity index (χ1) is 7.22. The zero-order chi connectivity index (χ0) is 10.8. The topological polar surface area (TPSA) is 38.0 Å². The third-order valence-electron chi connectivity index (χ3n) is 2.47. The zero-order valence-electron chi connectivity index (χ0n) is 8.94. The standard InChI is InChI=1S/C12H14N2O/c1-3-14-12(15)11(8-13-14)10-6-4-9(2)5-7-10/h4-8,15H,3H2,1-2H3. The Morgan fingerprint density at radius 1 is 1.27 bits per heavy atom. The number of benzene rings is 1. The van der Waals surface area contributed by atoms with Crippen LogP contribution in [0, 0.1) is 6.92 Å². The molecule has 1 N–H and O–H groups in total. The normalized spacial score (nSPS) is 10.5. The smallest absolute Gasteiger partial charge is 0.217 e. The molecule has 2 aromatic rings. The summed E-state index contributed by atoms with van der Waals surface area (Å²) in [6.07, 6.45) is 1.70. The van der Waals surface area contributed by atoms with Crippen LogP contribution in [0.2, 0.25) is 0 Å². The molecule has 0 saturated carbocycles. The third-order valence-corrected chi connectivity index (χ3v) is 2.47. The van der Waals surface area contributed by atoms with Crippen molar-refractivity contribution in [1.82, 2.24) is 9.78 Å². The molecule has 15 heavy (non-hydrogen) atoms. The lowest BCUT2D eigenvalue weighted by molar-refractivity contribution is 0.406. The highest BCUT2D eigenvalue weighted by molar-refractivity contribution is 5.67. The van der Waals surface area contributed by atoms with Gasteiger partial charge >= 0.3 is 0 Å². The second kappa shape index (κ2) is 3.77. The van der Waals surface area contributed by atoms with E-state index in [-0.39, 0.29) is 5.88 Å². The fourth-order valence-corrected chi connectivity index (χ4v) is 1.55. The molecule has 0 radical (unpaired) electrons. The Labute approximate surface area is 89.0 Å². The van der Waals surface area contributed by atoms with Gasteiger partial charge in [0.1, 0.15) is 0 Å². The maximum Gasteiger partial charge on any atom is 0.217 e. The van der Waals surface area contributed by atoms with Gasteiger partial charge in [-0.05, 0) is 19.4 Å². The van der Waals surface area contributed by atoms with Crippen LogP contribution in [-0.4, -0.2) is 14.9 Å². The average molecular weight is 202 g/mol. The Morgan fingerprint density at radius 3 is 2.47 bits per heavy atom. The summed E-state index contributed by atoms with van der Waals surface area (Å²) in [5.74, 6) is 0.237. The fraction of sp³-hybridized carbons (Fsp3) is 0.250. The van der Waals surface area contributed by atoms with Crippen molar-refractivity contribution in [3.05, 3.63) is 36.0 Å². The lowest BCUT2D eigenvalue weighted by Crippen LogP contribution is -1.94. The number of hydrogen-bond donors (Lipinski definition) is 1. The molecule has 1 heterocycles. The second-order valence-corrected chi connectivity index (χ2v) is 3.56. The molecule has 3 nitrogen and oxygen atoms in total. The van der Waals surface area contributed by atoms with E-state index in [2.05, 4.69) is 5.10 Å². The van der Waals surface area contributed by atoms with Crippen molar-refractivity contribution in [3.63, 3.8) is 0 Å². The predicted octanol–water partition coefficient (Wildman–Crippen LogP) is 2.58. The van der Waals surface area contributed by atoms with Gasteiger partial charge in [0, 0.05) is 6.54 Å². The quantitative estimate of drug-likeness (QED) is 0.812. The molecule has 0 spiro atoms. The molecule has 0 saturated heterocycles. The molecule has 0 unspecified atom stereocenters. The minimum absolute atomic E-state index is 0.237. The first-order valence-electron chi connectivity index (χ1n) is 5.04. The van der Waals surface area contributed by atoms with Crippen molar-refractivity contribution >= 4 is 0 Å². The van der Waals surface area contributed by atoms with Crippen LogP contribution in [-0.2, 0) is 6.54 Å². The Balaban J connectivity index is 2.45. The largest absolute Gasteiger partial charge is 0.493 e. The van der Waals surface area contributed by atoms with Gasteiger partial charge in [-0.15, -0.1) is 0 Å². The van der Waals surface area contributed by atoms with Crippen molar-refractivity contribution in [2.75, 3.05) is 0 Å². The Morgan fingerprint density at radius 2 is 1.93 bits per heavy atom. The SMILES string of the molecule is CCn1ncc(-c2ccc(C)cc2)c1O. The molecule has 78 valence electrons. The molecule has 0 fully saturated rings. The Bertz CT molecular complexity index is 457. The van der Waals surface area contributed by atoms with Crippen LogP contribution in [0.15, 0.2) is 30.5 Å². The maximum absolute atomic E-state index is 9.85. The van der Waals surface area contributed by atoms with Crippen molar-refractivity contribution in [2.45, 2.75) is 20.4 Å². The molecule has 3 heteroatoms. The van der Waals surface area contributed by atoms with Gasteiger partial charge in [0.05, 0.1) is 11.8 Å². The molecule has 0 aliphatic carbocycles. The molecule has 1 aromatic heterocycles. The highest BCUT2D eigenvalue weighted by Crippen LogP contribution is 2.28. The van der Waals surface area contributed by atoms with Gasteiger partial charge < -0.3 is 5.11 Å². The summed E-state index contributed by atoms with van der Waals surface area (Å²) in [5, 5.41) is 14.0. The summed E-state index contributed by atoms with van der Waals surface area (Å²) < 4.78 is 1.58. The molecule has 0 amide bonds. The fourth-order valence-electron chi connectivity index (χ4n) is 1.55. The maximum atomic E-state index is 9.85. The van der Waals surface area contributed by atoms with E-state index < -0.39 is 0 Å². The van der Waals surface area contributed by atoms with Crippen LogP contribution in [0.5, 0.6) is 5.88 Å². The van der Waals surface area contributed by atoms with Gasteiger partial charge in [0.15, 0.2) is 0 Å². The van der Waals surface area contributed by atoms with Gasteiger partial charge in [-0.25, -0.2) is 4.68 Å². The lowest BCUT2D eigenvalue weighted by atomic mass is 10.1. The number of aryl methyl sites for hydroxylation is 2. The van der Waals surface area contributed by atoms with E-state index in [9.17, 15) is 5.11 Å². The number of aromatic nitrogens is 2. The van der Waals surface area contributed by atoms with Crippen LogP contribution >= 0.6 is 0 Å². The summed E-state index contributed by atoms with van der Waals surface area (Å²) in [6.45, 7) is 4.67. The van der Waals surface area contributed by atoms with Crippen molar-refractivity contribution < 1.29 is 5.11 Å². The highest BCUT2D eigenvalue weighted by Gasteiger charge is 2.09. The van der Waals surface area contributed by atoms with E-state index in [1.807, 2.05) is 38.1 Å². The molecular formula is C12H14N2O. The molecule has 0 atom stereocenters. The first kappa shape index (κ1) is 9.77. The molecule has 1 aromatic carbocycles. The summed E-state index contributed by atoms with van der Waals surface area (Å²) in [6, 6.07) is 8.04. The number of hydrogen-bond acceptors (Lipinski definition) is 2. The van der Waals surface area contributed by atoms with Crippen LogP contribution in [0.3, 0.4) is 0 Å². The average Bonchev–Trinajstić information content (AvgIpc) is 2.61. The number of aromatic hydroxyl groups is 1. The number of nitrogens with zero attached hydrogens (tertiary/aromatic N) is 2. The van der Waals surface area contributed by atoms with Crippen molar-refractivity contribution in [2.24, 2.45) is 0 Å². The minimum atomic E-state index is 0.237. The van der Waals surface area contributed by atoms with E-state index in [0.29, 0.717) is 6.54 Å². The van der Waals surface area contributed by atoms with Gasteiger partial charge in [0.2, 0.25) is 5.88 Å². The predicted molar refractivity (Wildman–Crippen MR) is 59.7 cm³/mol. The van der Waals surface area contributed by atoms with Gasteiger partial charge in [-0.3, -0.25) is 0 Å². The van der Waals surface area contributed by atoms with E-state index in [1.165, 1.54) is 5.56 Å². The summed E-state index contributed by atoms with van der Waals surface area (Å²) in [5.41, 5.74) is 3.00. The van der Waals surface area contributed by atoms with Crippen LogP contribution in [0.25, 0.3) is 11.1 Å². The second-order valence-electron chi connectivity index (χ2n) is 3.56. The molecule has 0 aliphatic rings. The number of rotatable bonds is 2. The summed E-state index contributed by atoms with van der Waals surface area (Å²) >= 11 is 0. The third kappa shape index (κ3) is 1.73. The monoisotopic (exact) mass is 202 g/mol.